The van der Waals surface area contributed by atoms with Crippen molar-refractivity contribution in [2.45, 2.75) is 26.2 Å². The molecule has 0 aliphatic rings. The van der Waals surface area contributed by atoms with E-state index in [0.29, 0.717) is 48.8 Å². The van der Waals surface area contributed by atoms with Crippen molar-refractivity contribution in [3.63, 3.8) is 0 Å². The van der Waals surface area contributed by atoms with Crippen molar-refractivity contribution in [3.05, 3.63) is 54.1 Å². The lowest BCUT2D eigenvalue weighted by Gasteiger charge is -2.11. The van der Waals surface area contributed by atoms with Crippen LogP contribution in [0.1, 0.15) is 25.3 Å². The van der Waals surface area contributed by atoms with Crippen LogP contribution in [-0.2, 0) is 16.0 Å². The Hall–Kier alpha value is -3.02. The largest absolute Gasteiger partial charge is 0.490 e. The minimum Gasteiger partial charge on any atom is -0.490 e. The molecule has 0 aliphatic heterocycles. The molecule has 0 heterocycles. The Balaban J connectivity index is 1.76. The Bertz CT molecular complexity index is 744. The van der Waals surface area contributed by atoms with E-state index in [0.717, 1.165) is 0 Å². The van der Waals surface area contributed by atoms with Gasteiger partial charge in [-0.1, -0.05) is 24.3 Å². The van der Waals surface area contributed by atoms with Gasteiger partial charge < -0.3 is 19.9 Å². The third kappa shape index (κ3) is 6.47. The van der Waals surface area contributed by atoms with E-state index in [4.69, 9.17) is 14.6 Å². The van der Waals surface area contributed by atoms with E-state index in [2.05, 4.69) is 5.32 Å². The fourth-order valence-corrected chi connectivity index (χ4v) is 2.42. The number of carbonyl (C=O) groups is 2. The number of nitrogens with one attached hydrogen (secondary N) is 1. The second-order valence-corrected chi connectivity index (χ2v) is 5.65. The van der Waals surface area contributed by atoms with E-state index in [1.807, 2.05) is 31.2 Å². The molecule has 26 heavy (non-hydrogen) atoms. The van der Waals surface area contributed by atoms with Crippen LogP contribution >= 0.6 is 0 Å². The van der Waals surface area contributed by atoms with Crippen LogP contribution in [0.25, 0.3) is 0 Å². The third-order valence-corrected chi connectivity index (χ3v) is 3.52. The highest BCUT2D eigenvalue weighted by Crippen LogP contribution is 2.26. The van der Waals surface area contributed by atoms with Gasteiger partial charge in [0.25, 0.3) is 0 Å². The average molecular weight is 357 g/mol. The summed E-state index contributed by atoms with van der Waals surface area (Å²) < 4.78 is 11.2. The van der Waals surface area contributed by atoms with E-state index < -0.39 is 5.97 Å². The Kier molecular flexibility index (Phi) is 7.49. The second-order valence-electron chi connectivity index (χ2n) is 5.65. The van der Waals surface area contributed by atoms with Gasteiger partial charge in [0.1, 0.15) is 0 Å². The van der Waals surface area contributed by atoms with Crippen molar-refractivity contribution in [1.82, 2.24) is 0 Å². The first-order valence-corrected chi connectivity index (χ1v) is 8.53. The van der Waals surface area contributed by atoms with Gasteiger partial charge in [-0.2, -0.15) is 0 Å². The van der Waals surface area contributed by atoms with Crippen molar-refractivity contribution in [1.29, 1.82) is 0 Å². The summed E-state index contributed by atoms with van der Waals surface area (Å²) in [5, 5.41) is 11.6. The molecule has 2 aromatic carbocycles. The zero-order chi connectivity index (χ0) is 18.8. The number of hydrogen-bond donors (Lipinski definition) is 2. The highest BCUT2D eigenvalue weighted by molar-refractivity contribution is 5.90. The molecule has 6 nitrogen and oxygen atoms in total. The average Bonchev–Trinajstić information content (AvgIpc) is 2.60. The number of carboxylic acid groups (broad SMARTS) is 1. The van der Waals surface area contributed by atoms with Crippen LogP contribution in [0.3, 0.4) is 0 Å². The van der Waals surface area contributed by atoms with Gasteiger partial charge in [0.2, 0.25) is 5.91 Å². The van der Waals surface area contributed by atoms with Crippen molar-refractivity contribution in [3.8, 4) is 11.5 Å². The van der Waals surface area contributed by atoms with Gasteiger partial charge in [0, 0.05) is 12.1 Å². The van der Waals surface area contributed by atoms with Crippen molar-refractivity contribution < 1.29 is 24.2 Å². The number of para-hydroxylation sites is 2. The minimum absolute atomic E-state index is 0.0726. The molecule has 0 saturated heterocycles. The number of benzene rings is 2. The fourth-order valence-electron chi connectivity index (χ4n) is 2.42. The molecule has 0 atom stereocenters. The van der Waals surface area contributed by atoms with Crippen LogP contribution in [0.15, 0.2) is 48.5 Å². The topological polar surface area (TPSA) is 84.9 Å². The second kappa shape index (κ2) is 10.1. The van der Waals surface area contributed by atoms with Crippen LogP contribution in [0.2, 0.25) is 0 Å². The molecule has 0 spiro atoms. The van der Waals surface area contributed by atoms with Crippen molar-refractivity contribution >= 4 is 17.6 Å². The normalized spacial score (nSPS) is 10.2. The molecular weight excluding hydrogens is 334 g/mol. The lowest BCUT2D eigenvalue weighted by atomic mass is 10.1. The zero-order valence-electron chi connectivity index (χ0n) is 14.7. The molecule has 2 N–H and O–H groups in total. The maximum Gasteiger partial charge on any atom is 0.307 e. The summed E-state index contributed by atoms with van der Waals surface area (Å²) in [6.07, 6.45) is 0.790. The van der Waals surface area contributed by atoms with Gasteiger partial charge >= 0.3 is 5.97 Å². The quantitative estimate of drug-likeness (QED) is 0.636. The molecule has 138 valence electrons. The van der Waals surface area contributed by atoms with Crippen molar-refractivity contribution in [2.75, 3.05) is 18.5 Å². The maximum atomic E-state index is 12.0. The smallest absolute Gasteiger partial charge is 0.307 e. The SMILES string of the molecule is CCOc1ccccc1OCCCC(=O)Nc1cccc(CC(=O)O)c1. The van der Waals surface area contributed by atoms with Crippen LogP contribution < -0.4 is 14.8 Å². The number of carboxylic acids is 1. The monoisotopic (exact) mass is 357 g/mol. The third-order valence-electron chi connectivity index (χ3n) is 3.52. The molecule has 0 saturated carbocycles. The summed E-state index contributed by atoms with van der Waals surface area (Å²) in [6, 6.07) is 14.3. The summed E-state index contributed by atoms with van der Waals surface area (Å²) in [5.41, 5.74) is 1.24. The Labute approximate surface area is 152 Å². The van der Waals surface area contributed by atoms with E-state index >= 15 is 0 Å². The van der Waals surface area contributed by atoms with Gasteiger partial charge in [-0.15, -0.1) is 0 Å². The number of anilines is 1. The van der Waals surface area contributed by atoms with Gasteiger partial charge in [0.15, 0.2) is 11.5 Å². The lowest BCUT2D eigenvalue weighted by Crippen LogP contribution is -2.13. The Morgan fingerprint density at radius 1 is 1.04 bits per heavy atom. The van der Waals surface area contributed by atoms with Gasteiger partial charge in [-0.05, 0) is 43.2 Å². The molecular formula is C20H23NO5. The Morgan fingerprint density at radius 2 is 1.77 bits per heavy atom. The maximum absolute atomic E-state index is 12.0. The zero-order valence-corrected chi connectivity index (χ0v) is 14.7. The summed E-state index contributed by atoms with van der Waals surface area (Å²) in [7, 11) is 0. The van der Waals surface area contributed by atoms with Gasteiger partial charge in [-0.3, -0.25) is 9.59 Å². The van der Waals surface area contributed by atoms with Crippen LogP contribution in [-0.4, -0.2) is 30.2 Å². The molecule has 0 unspecified atom stereocenters. The number of amides is 1. The first-order chi connectivity index (χ1) is 12.6. The Morgan fingerprint density at radius 3 is 2.46 bits per heavy atom. The summed E-state index contributed by atoms with van der Waals surface area (Å²) in [4.78, 5) is 22.8. The molecule has 0 fully saturated rings. The predicted molar refractivity (Wildman–Crippen MR) is 98.8 cm³/mol. The van der Waals surface area contributed by atoms with E-state index in [-0.39, 0.29) is 12.3 Å². The highest BCUT2D eigenvalue weighted by Gasteiger charge is 2.07. The van der Waals surface area contributed by atoms with Crippen molar-refractivity contribution in [2.24, 2.45) is 0 Å². The van der Waals surface area contributed by atoms with E-state index in [9.17, 15) is 9.59 Å². The molecule has 1 amide bonds. The number of carbonyl (C=O) groups excluding carboxylic acids is 1. The molecule has 0 radical (unpaired) electrons. The van der Waals surface area contributed by atoms with E-state index in [1.54, 1.807) is 24.3 Å². The fraction of sp³-hybridized carbons (Fsp3) is 0.300. The summed E-state index contributed by atoms with van der Waals surface area (Å²) in [5.74, 6) is 0.308. The van der Waals surface area contributed by atoms with E-state index in [1.165, 1.54) is 0 Å². The first kappa shape index (κ1) is 19.3. The predicted octanol–water partition coefficient (Wildman–Crippen LogP) is 3.51. The van der Waals surface area contributed by atoms with Gasteiger partial charge in [0.05, 0.1) is 19.6 Å². The number of aliphatic carboxylic acids is 1. The molecule has 0 aromatic heterocycles. The van der Waals surface area contributed by atoms with Gasteiger partial charge in [-0.25, -0.2) is 0 Å². The molecule has 6 heteroatoms. The van der Waals surface area contributed by atoms with Crippen LogP contribution in [0.4, 0.5) is 5.69 Å². The first-order valence-electron chi connectivity index (χ1n) is 8.53. The minimum atomic E-state index is -0.905. The number of ether oxygens (including phenoxy) is 2. The number of rotatable bonds is 10. The standard InChI is InChI=1S/C20H23NO5/c1-2-25-17-9-3-4-10-18(17)26-12-6-11-19(22)21-16-8-5-7-15(13-16)14-20(23)24/h3-5,7-10,13H,2,6,11-12,14H2,1H3,(H,21,22)(H,23,24). The van der Waals surface area contributed by atoms with Crippen LogP contribution in [0.5, 0.6) is 11.5 Å². The highest BCUT2D eigenvalue weighted by atomic mass is 16.5. The summed E-state index contributed by atoms with van der Waals surface area (Å²) in [6.45, 7) is 2.87. The molecule has 2 aromatic rings. The molecule has 0 bridgehead atoms. The molecule has 0 aliphatic carbocycles. The molecule has 2 rings (SSSR count). The lowest BCUT2D eigenvalue weighted by molar-refractivity contribution is -0.136. The summed E-state index contributed by atoms with van der Waals surface area (Å²) >= 11 is 0. The van der Waals surface area contributed by atoms with Crippen LogP contribution in [0, 0.1) is 0 Å². The number of hydrogen-bond acceptors (Lipinski definition) is 4.